The van der Waals surface area contributed by atoms with Gasteiger partial charge in [0.1, 0.15) is 5.76 Å². The summed E-state index contributed by atoms with van der Waals surface area (Å²) in [7, 11) is 0. The summed E-state index contributed by atoms with van der Waals surface area (Å²) in [6, 6.07) is 10.1. The predicted octanol–water partition coefficient (Wildman–Crippen LogP) is 5.11. The number of hydrogen-bond donors (Lipinski definition) is 0. The van der Waals surface area contributed by atoms with Crippen LogP contribution < -0.4 is 0 Å². The average molecular weight is 279 g/mol. The molecule has 0 bridgehead atoms. The van der Waals surface area contributed by atoms with Gasteiger partial charge < -0.3 is 4.42 Å². The topological polar surface area (TPSA) is 26.0 Å². The Morgan fingerprint density at radius 2 is 2.05 bits per heavy atom. The number of aryl methyl sites for hydroxylation is 2. The Hall–Kier alpha value is -2.09. The van der Waals surface area contributed by atoms with Gasteiger partial charge in [-0.3, -0.25) is 0 Å². The van der Waals surface area contributed by atoms with Crippen molar-refractivity contribution in [3.05, 3.63) is 66.1 Å². The van der Waals surface area contributed by atoms with E-state index in [2.05, 4.69) is 29.3 Å². The summed E-state index contributed by atoms with van der Waals surface area (Å²) in [4.78, 5) is 4.66. The fourth-order valence-corrected chi connectivity index (χ4v) is 2.74. The molecule has 1 heterocycles. The molecule has 0 aliphatic heterocycles. The number of benzene rings is 1. The highest BCUT2D eigenvalue weighted by molar-refractivity contribution is 5.53. The highest BCUT2D eigenvalue weighted by atomic mass is 16.4. The lowest BCUT2D eigenvalue weighted by Crippen LogP contribution is -1.99. The first-order valence-electron chi connectivity index (χ1n) is 7.68. The third kappa shape index (κ3) is 3.52. The van der Waals surface area contributed by atoms with Crippen LogP contribution in [0, 0.1) is 12.8 Å². The summed E-state index contributed by atoms with van der Waals surface area (Å²) in [5.41, 5.74) is 2.15. The Bertz CT molecular complexity index is 637. The summed E-state index contributed by atoms with van der Waals surface area (Å²) < 4.78 is 5.81. The molecule has 1 unspecified atom stereocenters. The number of oxazole rings is 1. The van der Waals surface area contributed by atoms with Crippen LogP contribution in [0.4, 0.5) is 0 Å². The van der Waals surface area contributed by atoms with Crippen molar-refractivity contribution in [2.24, 2.45) is 5.92 Å². The molecule has 21 heavy (non-hydrogen) atoms. The van der Waals surface area contributed by atoms with Gasteiger partial charge >= 0.3 is 0 Å². The SMILES string of the molecule is Cc1oc(-c2ccccc2)nc1CCCC1C=CC=CC1. The largest absolute Gasteiger partial charge is 0.441 e. The zero-order valence-electron chi connectivity index (χ0n) is 12.5. The number of allylic oxidation sites excluding steroid dienone is 4. The minimum Gasteiger partial charge on any atom is -0.441 e. The van der Waals surface area contributed by atoms with Crippen LogP contribution in [0.1, 0.15) is 30.7 Å². The Labute approximate surface area is 126 Å². The van der Waals surface area contributed by atoms with E-state index in [1.165, 1.54) is 12.8 Å². The van der Waals surface area contributed by atoms with Crippen molar-refractivity contribution in [1.29, 1.82) is 0 Å². The molecule has 1 aliphatic rings. The number of nitrogens with zero attached hydrogens (tertiary/aromatic N) is 1. The quantitative estimate of drug-likeness (QED) is 0.760. The number of aromatic nitrogens is 1. The van der Waals surface area contributed by atoms with E-state index in [1.54, 1.807) is 0 Å². The second-order valence-electron chi connectivity index (χ2n) is 5.59. The highest BCUT2D eigenvalue weighted by Gasteiger charge is 2.12. The molecule has 1 aromatic carbocycles. The lowest BCUT2D eigenvalue weighted by atomic mass is 9.94. The minimum atomic E-state index is 0.691. The monoisotopic (exact) mass is 279 g/mol. The highest BCUT2D eigenvalue weighted by Crippen LogP contribution is 2.24. The molecule has 3 rings (SSSR count). The second kappa shape index (κ2) is 6.57. The van der Waals surface area contributed by atoms with Crippen molar-refractivity contribution >= 4 is 0 Å². The van der Waals surface area contributed by atoms with Crippen LogP contribution >= 0.6 is 0 Å². The zero-order chi connectivity index (χ0) is 14.5. The number of rotatable bonds is 5. The molecule has 0 fully saturated rings. The van der Waals surface area contributed by atoms with Crippen molar-refractivity contribution in [2.75, 3.05) is 0 Å². The fraction of sp³-hybridized carbons (Fsp3) is 0.316. The molecule has 0 saturated heterocycles. The van der Waals surface area contributed by atoms with Crippen LogP contribution in [0.25, 0.3) is 11.5 Å². The second-order valence-corrected chi connectivity index (χ2v) is 5.59. The van der Waals surface area contributed by atoms with Gasteiger partial charge in [-0.25, -0.2) is 4.98 Å². The molecule has 2 heteroatoms. The van der Waals surface area contributed by atoms with Crippen LogP contribution in [-0.2, 0) is 6.42 Å². The van der Waals surface area contributed by atoms with Crippen LogP contribution in [0.3, 0.4) is 0 Å². The Morgan fingerprint density at radius 3 is 2.81 bits per heavy atom. The Morgan fingerprint density at radius 1 is 1.19 bits per heavy atom. The van der Waals surface area contributed by atoms with Gasteiger partial charge in [0.2, 0.25) is 5.89 Å². The molecule has 1 atom stereocenters. The zero-order valence-corrected chi connectivity index (χ0v) is 12.5. The maximum atomic E-state index is 5.81. The number of hydrogen-bond acceptors (Lipinski definition) is 2. The predicted molar refractivity (Wildman–Crippen MR) is 86.0 cm³/mol. The van der Waals surface area contributed by atoms with Gasteiger partial charge in [0, 0.05) is 5.56 Å². The summed E-state index contributed by atoms with van der Waals surface area (Å²) in [5, 5.41) is 0. The third-order valence-electron chi connectivity index (χ3n) is 3.97. The van der Waals surface area contributed by atoms with Gasteiger partial charge in [-0.15, -0.1) is 0 Å². The molecule has 2 aromatic rings. The molecule has 0 radical (unpaired) electrons. The molecule has 0 N–H and O–H groups in total. The maximum absolute atomic E-state index is 5.81. The summed E-state index contributed by atoms with van der Waals surface area (Å²) in [6.45, 7) is 2.01. The van der Waals surface area contributed by atoms with Gasteiger partial charge in [0.25, 0.3) is 0 Å². The third-order valence-corrected chi connectivity index (χ3v) is 3.97. The van der Waals surface area contributed by atoms with E-state index in [0.717, 1.165) is 35.7 Å². The van der Waals surface area contributed by atoms with Gasteiger partial charge in [-0.2, -0.15) is 0 Å². The first kappa shape index (κ1) is 13.9. The van der Waals surface area contributed by atoms with Crippen molar-refractivity contribution in [1.82, 2.24) is 4.98 Å². The molecule has 1 aliphatic carbocycles. The van der Waals surface area contributed by atoms with Crippen molar-refractivity contribution in [3.8, 4) is 11.5 Å². The first-order chi connectivity index (χ1) is 10.3. The normalized spacial score (nSPS) is 17.3. The van der Waals surface area contributed by atoms with Gasteiger partial charge in [-0.1, -0.05) is 42.5 Å². The molecular formula is C19H21NO. The summed E-state index contributed by atoms with van der Waals surface area (Å²) >= 11 is 0. The Balaban J connectivity index is 1.60. The molecule has 108 valence electrons. The van der Waals surface area contributed by atoms with E-state index in [9.17, 15) is 0 Å². The lowest BCUT2D eigenvalue weighted by molar-refractivity contribution is 0.532. The Kier molecular flexibility index (Phi) is 4.34. The van der Waals surface area contributed by atoms with E-state index < -0.39 is 0 Å². The summed E-state index contributed by atoms with van der Waals surface area (Å²) in [5.74, 6) is 2.38. The fourth-order valence-electron chi connectivity index (χ4n) is 2.74. The molecule has 2 nitrogen and oxygen atoms in total. The molecule has 0 saturated carbocycles. The van der Waals surface area contributed by atoms with Crippen LogP contribution in [0.15, 0.2) is 59.1 Å². The molecule has 0 spiro atoms. The molecule has 1 aromatic heterocycles. The van der Waals surface area contributed by atoms with E-state index in [4.69, 9.17) is 4.42 Å². The maximum Gasteiger partial charge on any atom is 0.226 e. The van der Waals surface area contributed by atoms with E-state index >= 15 is 0 Å². The van der Waals surface area contributed by atoms with Gasteiger partial charge in [-0.05, 0) is 50.7 Å². The smallest absolute Gasteiger partial charge is 0.226 e. The van der Waals surface area contributed by atoms with E-state index in [0.29, 0.717) is 5.92 Å². The van der Waals surface area contributed by atoms with E-state index in [1.807, 2.05) is 37.3 Å². The van der Waals surface area contributed by atoms with Crippen LogP contribution in [0.2, 0.25) is 0 Å². The molecular weight excluding hydrogens is 258 g/mol. The average Bonchev–Trinajstić information content (AvgIpc) is 2.91. The van der Waals surface area contributed by atoms with Crippen LogP contribution in [-0.4, -0.2) is 4.98 Å². The van der Waals surface area contributed by atoms with Crippen LogP contribution in [0.5, 0.6) is 0 Å². The van der Waals surface area contributed by atoms with E-state index in [-0.39, 0.29) is 0 Å². The standard InChI is InChI=1S/C19H21NO/c1-15-18(14-8-11-16-9-4-2-5-10-16)20-19(21-15)17-12-6-3-7-13-17/h2-7,9,12-13,16H,8,10-11,14H2,1H3. The molecule has 0 amide bonds. The van der Waals surface area contributed by atoms with Gasteiger partial charge in [0.15, 0.2) is 0 Å². The van der Waals surface area contributed by atoms with Crippen molar-refractivity contribution in [3.63, 3.8) is 0 Å². The lowest BCUT2D eigenvalue weighted by Gasteiger charge is -2.11. The van der Waals surface area contributed by atoms with Crippen molar-refractivity contribution in [2.45, 2.75) is 32.6 Å². The summed E-state index contributed by atoms with van der Waals surface area (Å²) in [6.07, 6.45) is 13.4. The first-order valence-corrected chi connectivity index (χ1v) is 7.68. The van der Waals surface area contributed by atoms with Crippen molar-refractivity contribution < 1.29 is 4.42 Å². The van der Waals surface area contributed by atoms with Gasteiger partial charge in [0.05, 0.1) is 5.69 Å². The minimum absolute atomic E-state index is 0.691.